The Morgan fingerprint density at radius 3 is 2.46 bits per heavy atom. The van der Waals surface area contributed by atoms with Gasteiger partial charge in [-0.3, -0.25) is 15.4 Å². The lowest BCUT2D eigenvalue weighted by molar-refractivity contribution is -0.384. The van der Waals surface area contributed by atoms with Crippen LogP contribution in [0.5, 0.6) is 0 Å². The molecule has 1 saturated carbocycles. The maximum absolute atomic E-state index is 12.0. The van der Waals surface area contributed by atoms with E-state index in [1.165, 1.54) is 24.3 Å². The van der Waals surface area contributed by atoms with Crippen LogP contribution in [0.15, 0.2) is 24.3 Å². The highest BCUT2D eigenvalue weighted by molar-refractivity contribution is 5.84. The molecule has 0 bridgehead atoms. The summed E-state index contributed by atoms with van der Waals surface area (Å²) < 4.78 is 11.1. The maximum atomic E-state index is 12.0. The maximum Gasteiger partial charge on any atom is 0.411 e. The molecule has 1 aliphatic carbocycles. The fourth-order valence-corrected chi connectivity index (χ4v) is 3.21. The smallest absolute Gasteiger partial charge is 0.411 e. The van der Waals surface area contributed by atoms with E-state index in [1.54, 1.807) is 7.11 Å². The fraction of sp³-hybridized carbons (Fsp3) is 0.588. The van der Waals surface area contributed by atoms with Crippen molar-refractivity contribution in [2.75, 3.05) is 12.4 Å². The summed E-state index contributed by atoms with van der Waals surface area (Å²) in [6, 6.07) is 5.65. The molecule has 0 spiro atoms. The van der Waals surface area contributed by atoms with Crippen molar-refractivity contribution in [2.45, 2.75) is 57.2 Å². The molecule has 1 amide bonds. The minimum absolute atomic E-state index is 0.0203. The van der Waals surface area contributed by atoms with Gasteiger partial charge >= 0.3 is 6.09 Å². The molecular weight excluding hydrogens is 312 g/mol. The molecule has 1 aromatic rings. The number of carbonyl (C=O) groups excluding carboxylic acids is 1. The Labute approximate surface area is 141 Å². The number of hydrogen-bond acceptors (Lipinski definition) is 5. The van der Waals surface area contributed by atoms with Crippen LogP contribution in [0.2, 0.25) is 0 Å². The minimum Gasteiger partial charge on any atom is -0.446 e. The van der Waals surface area contributed by atoms with E-state index in [-0.39, 0.29) is 17.4 Å². The number of methoxy groups -OCH3 is 1. The van der Waals surface area contributed by atoms with E-state index in [2.05, 4.69) is 12.2 Å². The predicted octanol–water partition coefficient (Wildman–Crippen LogP) is 4.27. The number of non-ortho nitro benzene ring substituents is 1. The Hall–Kier alpha value is -2.15. The van der Waals surface area contributed by atoms with E-state index in [1.807, 2.05) is 0 Å². The molecule has 1 aliphatic rings. The molecule has 132 valence electrons. The van der Waals surface area contributed by atoms with Gasteiger partial charge in [-0.1, -0.05) is 13.3 Å². The normalized spacial score (nSPS) is 23.5. The lowest BCUT2D eigenvalue weighted by Gasteiger charge is -2.38. The zero-order valence-corrected chi connectivity index (χ0v) is 14.1. The van der Waals surface area contributed by atoms with Crippen LogP contribution in [-0.2, 0) is 9.47 Å². The largest absolute Gasteiger partial charge is 0.446 e. The van der Waals surface area contributed by atoms with Crippen molar-refractivity contribution in [1.82, 2.24) is 0 Å². The number of hydrogen-bond donors (Lipinski definition) is 1. The van der Waals surface area contributed by atoms with Gasteiger partial charge < -0.3 is 9.47 Å². The number of nitrogens with zero attached hydrogens (tertiary/aromatic N) is 1. The molecule has 0 atom stereocenters. The first-order valence-electron chi connectivity index (χ1n) is 8.25. The highest BCUT2D eigenvalue weighted by atomic mass is 16.6. The molecule has 7 nitrogen and oxygen atoms in total. The number of carbonyl (C=O) groups is 1. The lowest BCUT2D eigenvalue weighted by atomic mass is 9.80. The monoisotopic (exact) mass is 336 g/mol. The molecule has 1 N–H and O–H groups in total. The predicted molar refractivity (Wildman–Crippen MR) is 90.1 cm³/mol. The van der Waals surface area contributed by atoms with Crippen LogP contribution in [0.4, 0.5) is 16.2 Å². The number of nitro benzene ring substituents is 1. The van der Waals surface area contributed by atoms with Crippen molar-refractivity contribution < 1.29 is 19.2 Å². The summed E-state index contributed by atoms with van der Waals surface area (Å²) in [6.07, 6.45) is 4.76. The van der Waals surface area contributed by atoms with Gasteiger partial charge in [-0.05, 0) is 44.2 Å². The minimum atomic E-state index is -0.533. The second-order valence-electron chi connectivity index (χ2n) is 6.17. The summed E-state index contributed by atoms with van der Waals surface area (Å²) in [4.78, 5) is 22.1. The summed E-state index contributed by atoms with van der Waals surface area (Å²) in [5.41, 5.74) is 0.371. The Morgan fingerprint density at radius 1 is 1.33 bits per heavy atom. The number of anilines is 1. The average molecular weight is 336 g/mol. The summed E-state index contributed by atoms with van der Waals surface area (Å²) in [5, 5.41) is 13.2. The van der Waals surface area contributed by atoms with Crippen LogP contribution in [-0.4, -0.2) is 29.8 Å². The van der Waals surface area contributed by atoms with Gasteiger partial charge in [-0.15, -0.1) is 0 Å². The Kier molecular flexibility index (Phi) is 6.14. The molecule has 7 heteroatoms. The van der Waals surface area contributed by atoms with Gasteiger partial charge in [0.1, 0.15) is 6.10 Å². The standard InChI is InChI=1S/C17H24N2O5/c1-3-10-17(23-2)11-8-15(9-12-17)24-16(20)18-13-4-6-14(7-5-13)19(21)22/h4-7,15H,3,8-12H2,1-2H3,(H,18,20). The Balaban J connectivity index is 1.82. The number of nitrogens with one attached hydrogen (secondary N) is 1. The molecule has 0 heterocycles. The SMILES string of the molecule is CCCC1(OC)CCC(OC(=O)Nc2ccc([N+](=O)[O-])cc2)CC1. The van der Waals surface area contributed by atoms with Gasteiger partial charge in [-0.25, -0.2) is 4.79 Å². The number of nitro groups is 1. The van der Waals surface area contributed by atoms with Gasteiger partial charge in [0.05, 0.1) is 10.5 Å². The molecule has 0 radical (unpaired) electrons. The van der Waals surface area contributed by atoms with Crippen molar-refractivity contribution in [3.63, 3.8) is 0 Å². The van der Waals surface area contributed by atoms with Crippen LogP contribution in [0.1, 0.15) is 45.4 Å². The second kappa shape index (κ2) is 8.10. The average Bonchev–Trinajstić information content (AvgIpc) is 2.57. The zero-order chi connectivity index (χ0) is 17.6. The topological polar surface area (TPSA) is 90.7 Å². The molecule has 0 aromatic heterocycles. The van der Waals surface area contributed by atoms with Crippen molar-refractivity contribution in [3.05, 3.63) is 34.4 Å². The molecule has 0 aliphatic heterocycles. The highest BCUT2D eigenvalue weighted by Gasteiger charge is 2.35. The van der Waals surface area contributed by atoms with Crippen LogP contribution < -0.4 is 5.32 Å². The molecule has 1 fully saturated rings. The summed E-state index contributed by atoms with van der Waals surface area (Å²) >= 11 is 0. The van der Waals surface area contributed by atoms with E-state index in [0.29, 0.717) is 5.69 Å². The van der Waals surface area contributed by atoms with Crippen LogP contribution in [0.25, 0.3) is 0 Å². The summed E-state index contributed by atoms with van der Waals surface area (Å²) in [6.45, 7) is 2.14. The van der Waals surface area contributed by atoms with E-state index in [0.717, 1.165) is 38.5 Å². The number of amides is 1. The lowest BCUT2D eigenvalue weighted by Crippen LogP contribution is -2.39. The van der Waals surface area contributed by atoms with E-state index in [9.17, 15) is 14.9 Å². The zero-order valence-electron chi connectivity index (χ0n) is 14.1. The third-order valence-corrected chi connectivity index (χ3v) is 4.58. The molecule has 24 heavy (non-hydrogen) atoms. The molecule has 1 aromatic carbocycles. The first kappa shape index (κ1) is 18.2. The van der Waals surface area contributed by atoms with Crippen molar-refractivity contribution in [2.24, 2.45) is 0 Å². The number of benzene rings is 1. The van der Waals surface area contributed by atoms with Crippen molar-refractivity contribution in [1.29, 1.82) is 0 Å². The fourth-order valence-electron chi connectivity index (χ4n) is 3.21. The Morgan fingerprint density at radius 2 is 1.96 bits per heavy atom. The quantitative estimate of drug-likeness (QED) is 0.619. The van der Waals surface area contributed by atoms with E-state index in [4.69, 9.17) is 9.47 Å². The summed E-state index contributed by atoms with van der Waals surface area (Å²) in [5.74, 6) is 0. The van der Waals surface area contributed by atoms with Gasteiger partial charge in [0.25, 0.3) is 5.69 Å². The first-order chi connectivity index (χ1) is 11.5. The molecular formula is C17H24N2O5. The summed E-state index contributed by atoms with van der Waals surface area (Å²) in [7, 11) is 1.75. The molecule has 2 rings (SSSR count). The third-order valence-electron chi connectivity index (χ3n) is 4.58. The number of rotatable bonds is 6. The van der Waals surface area contributed by atoms with E-state index >= 15 is 0 Å². The van der Waals surface area contributed by atoms with Gasteiger partial charge in [0, 0.05) is 24.9 Å². The van der Waals surface area contributed by atoms with E-state index < -0.39 is 11.0 Å². The van der Waals surface area contributed by atoms with Crippen LogP contribution >= 0.6 is 0 Å². The van der Waals surface area contributed by atoms with Gasteiger partial charge in [0.15, 0.2) is 0 Å². The Bertz CT molecular complexity index is 565. The van der Waals surface area contributed by atoms with Crippen LogP contribution in [0, 0.1) is 10.1 Å². The highest BCUT2D eigenvalue weighted by Crippen LogP contribution is 2.36. The van der Waals surface area contributed by atoms with Gasteiger partial charge in [-0.2, -0.15) is 0 Å². The number of ether oxygens (including phenoxy) is 2. The third kappa shape index (κ3) is 4.67. The molecule has 0 saturated heterocycles. The molecule has 0 unspecified atom stereocenters. The second-order valence-corrected chi connectivity index (χ2v) is 6.17. The first-order valence-corrected chi connectivity index (χ1v) is 8.25. The van der Waals surface area contributed by atoms with Crippen molar-refractivity contribution in [3.8, 4) is 0 Å². The van der Waals surface area contributed by atoms with Gasteiger partial charge in [0.2, 0.25) is 0 Å². The van der Waals surface area contributed by atoms with Crippen molar-refractivity contribution >= 4 is 17.5 Å². The van der Waals surface area contributed by atoms with Crippen LogP contribution in [0.3, 0.4) is 0 Å².